The number of nitrogens with zero attached hydrogens (tertiary/aromatic N) is 1. The van der Waals surface area contributed by atoms with Crippen LogP contribution in [0.5, 0.6) is 0 Å². The summed E-state index contributed by atoms with van der Waals surface area (Å²) in [5, 5.41) is 10.3. The summed E-state index contributed by atoms with van der Waals surface area (Å²) in [6, 6.07) is 23.0. The van der Waals surface area contributed by atoms with Crippen molar-refractivity contribution in [1.82, 2.24) is 0 Å². The summed E-state index contributed by atoms with van der Waals surface area (Å²) in [5.41, 5.74) is 2.56. The summed E-state index contributed by atoms with van der Waals surface area (Å²) < 4.78 is 5.52. The third kappa shape index (κ3) is 3.12. The number of hydrogen-bond acceptors (Lipinski definition) is 2. The van der Waals surface area contributed by atoms with E-state index in [4.69, 9.17) is 4.74 Å². The van der Waals surface area contributed by atoms with E-state index in [2.05, 4.69) is 43.3 Å². The topological polar surface area (TPSA) is 37.5 Å². The molecule has 0 aromatic heterocycles. The minimum atomic E-state index is -0.680. The molecular formula is C21H23N2O+. The van der Waals surface area contributed by atoms with Gasteiger partial charge in [0.25, 0.3) is 0 Å². The third-order valence-corrected chi connectivity index (χ3v) is 4.78. The van der Waals surface area contributed by atoms with E-state index in [1.165, 1.54) is 4.90 Å². The third-order valence-electron chi connectivity index (χ3n) is 4.78. The molecule has 0 bridgehead atoms. The molecule has 3 nitrogen and oxygen atoms in total. The van der Waals surface area contributed by atoms with Crippen molar-refractivity contribution in [3.05, 3.63) is 77.4 Å². The van der Waals surface area contributed by atoms with E-state index < -0.39 is 5.54 Å². The fourth-order valence-corrected chi connectivity index (χ4v) is 3.53. The smallest absolute Gasteiger partial charge is 0.232 e. The van der Waals surface area contributed by atoms with Crippen LogP contribution in [0.15, 0.2) is 66.2 Å². The highest BCUT2D eigenvalue weighted by molar-refractivity contribution is 5.57. The van der Waals surface area contributed by atoms with Crippen molar-refractivity contribution >= 4 is 6.08 Å². The van der Waals surface area contributed by atoms with Crippen molar-refractivity contribution in [1.29, 1.82) is 5.26 Å². The average Bonchev–Trinajstić information content (AvgIpc) is 2.65. The van der Waals surface area contributed by atoms with E-state index in [0.29, 0.717) is 13.2 Å². The van der Waals surface area contributed by atoms with Gasteiger partial charge in [0.05, 0.1) is 13.2 Å². The van der Waals surface area contributed by atoms with Crippen LogP contribution in [0.4, 0.5) is 0 Å². The highest BCUT2D eigenvalue weighted by Gasteiger charge is 2.45. The first-order valence-corrected chi connectivity index (χ1v) is 8.41. The quantitative estimate of drug-likeness (QED) is 0.940. The molecular weight excluding hydrogens is 296 g/mol. The molecule has 1 heterocycles. The number of morpholine rings is 1. The second kappa shape index (κ2) is 7.44. The van der Waals surface area contributed by atoms with E-state index in [1.807, 2.05) is 36.4 Å². The predicted molar refractivity (Wildman–Crippen MR) is 95.3 cm³/mol. The first-order chi connectivity index (χ1) is 11.8. The van der Waals surface area contributed by atoms with Crippen LogP contribution in [0, 0.1) is 11.3 Å². The summed E-state index contributed by atoms with van der Waals surface area (Å²) in [5.74, 6) is 0. The Morgan fingerprint density at radius 3 is 2.21 bits per heavy atom. The van der Waals surface area contributed by atoms with Crippen LogP contribution < -0.4 is 4.90 Å². The zero-order chi connectivity index (χ0) is 16.8. The number of nitrogens with one attached hydrogen (secondary N) is 1. The first kappa shape index (κ1) is 16.4. The molecule has 1 saturated heterocycles. The number of hydrogen-bond donors (Lipinski definition) is 1. The molecule has 1 aliphatic rings. The minimum absolute atomic E-state index is 0.680. The van der Waals surface area contributed by atoms with Gasteiger partial charge in [0, 0.05) is 11.1 Å². The molecule has 0 saturated carbocycles. The second-order valence-corrected chi connectivity index (χ2v) is 6.18. The summed E-state index contributed by atoms with van der Waals surface area (Å²) in [4.78, 5) is 1.26. The van der Waals surface area contributed by atoms with Crippen LogP contribution in [0.2, 0.25) is 0 Å². The van der Waals surface area contributed by atoms with E-state index in [0.717, 1.165) is 29.8 Å². The molecule has 0 aliphatic carbocycles. The van der Waals surface area contributed by atoms with Gasteiger partial charge in [0.15, 0.2) is 0 Å². The van der Waals surface area contributed by atoms with E-state index >= 15 is 0 Å². The molecule has 1 N–H and O–H groups in total. The first-order valence-electron chi connectivity index (χ1n) is 8.41. The molecule has 0 radical (unpaired) electrons. The Balaban J connectivity index is 2.10. The van der Waals surface area contributed by atoms with E-state index in [-0.39, 0.29) is 0 Å². The van der Waals surface area contributed by atoms with Gasteiger partial charge in [-0.05, 0) is 18.6 Å². The molecule has 2 aromatic rings. The number of ether oxygens (including phenoxy) is 1. The molecule has 1 fully saturated rings. The molecule has 0 unspecified atom stereocenters. The Kier molecular flexibility index (Phi) is 5.10. The lowest BCUT2D eigenvalue weighted by Gasteiger charge is -2.38. The van der Waals surface area contributed by atoms with E-state index in [9.17, 15) is 5.26 Å². The summed E-state index contributed by atoms with van der Waals surface area (Å²) in [6.07, 6.45) is 2.14. The van der Waals surface area contributed by atoms with Crippen molar-refractivity contribution in [2.24, 2.45) is 0 Å². The molecule has 24 heavy (non-hydrogen) atoms. The normalized spacial score (nSPS) is 18.6. The van der Waals surface area contributed by atoms with Gasteiger partial charge in [0.1, 0.15) is 19.2 Å². The average molecular weight is 319 g/mol. The highest BCUT2D eigenvalue weighted by Crippen LogP contribution is 2.27. The Hall–Kier alpha value is -2.41. The highest BCUT2D eigenvalue weighted by atomic mass is 16.5. The lowest BCUT2D eigenvalue weighted by molar-refractivity contribution is -0.952. The molecule has 3 rings (SSSR count). The lowest BCUT2D eigenvalue weighted by atomic mass is 9.81. The van der Waals surface area contributed by atoms with Gasteiger partial charge in [-0.25, -0.2) is 0 Å². The van der Waals surface area contributed by atoms with Crippen LogP contribution in [-0.4, -0.2) is 26.3 Å². The maximum Gasteiger partial charge on any atom is 0.232 e. The fraction of sp³-hybridized carbons (Fsp3) is 0.286. The Morgan fingerprint density at radius 2 is 1.62 bits per heavy atom. The van der Waals surface area contributed by atoms with Crippen molar-refractivity contribution in [3.63, 3.8) is 0 Å². The fourth-order valence-electron chi connectivity index (χ4n) is 3.53. The zero-order valence-electron chi connectivity index (χ0n) is 14.0. The number of quaternary nitrogens is 1. The zero-order valence-corrected chi connectivity index (χ0v) is 14.0. The van der Waals surface area contributed by atoms with E-state index in [1.54, 1.807) is 0 Å². The molecule has 3 heteroatoms. The summed E-state index contributed by atoms with van der Waals surface area (Å²) in [7, 11) is 0. The molecule has 0 spiro atoms. The van der Waals surface area contributed by atoms with Gasteiger partial charge in [-0.2, -0.15) is 5.26 Å². The van der Waals surface area contributed by atoms with Crippen LogP contribution in [-0.2, 0) is 10.3 Å². The van der Waals surface area contributed by atoms with Gasteiger partial charge >= 0.3 is 0 Å². The van der Waals surface area contributed by atoms with Gasteiger partial charge < -0.3 is 9.64 Å². The minimum Gasteiger partial charge on any atom is -0.370 e. The number of nitriles is 1. The number of benzene rings is 2. The van der Waals surface area contributed by atoms with Gasteiger partial charge in [0.2, 0.25) is 5.54 Å². The van der Waals surface area contributed by atoms with Crippen molar-refractivity contribution in [3.8, 4) is 6.07 Å². The molecule has 1 atom stereocenters. The monoisotopic (exact) mass is 319 g/mol. The standard InChI is InChI=1S/C21H22N2O/c1-18(16-19-8-4-2-5-9-19)21(17-22,20-10-6-3-7-11-20)23-12-14-24-15-13-23/h2-11,16H,12-15H2,1H3/p+1/t21-/m1/s1. The largest absolute Gasteiger partial charge is 0.370 e. The Labute approximate surface area is 143 Å². The van der Waals surface area contributed by atoms with Gasteiger partial charge in [-0.1, -0.05) is 60.7 Å². The lowest BCUT2D eigenvalue weighted by Crippen LogP contribution is -3.20. The molecule has 122 valence electrons. The van der Waals surface area contributed by atoms with Crippen molar-refractivity contribution in [2.75, 3.05) is 26.3 Å². The van der Waals surface area contributed by atoms with Crippen LogP contribution in [0.3, 0.4) is 0 Å². The molecule has 2 aromatic carbocycles. The maximum atomic E-state index is 10.3. The number of rotatable bonds is 4. The maximum absolute atomic E-state index is 10.3. The molecule has 0 amide bonds. The summed E-state index contributed by atoms with van der Waals surface area (Å²) >= 11 is 0. The van der Waals surface area contributed by atoms with Crippen LogP contribution in [0.1, 0.15) is 18.1 Å². The van der Waals surface area contributed by atoms with Crippen LogP contribution in [0.25, 0.3) is 6.08 Å². The Morgan fingerprint density at radius 1 is 1.04 bits per heavy atom. The Bertz CT molecular complexity index is 727. The molecule has 1 aliphatic heterocycles. The predicted octanol–water partition coefficient (Wildman–Crippen LogP) is 2.42. The van der Waals surface area contributed by atoms with Gasteiger partial charge in [-0.15, -0.1) is 0 Å². The second-order valence-electron chi connectivity index (χ2n) is 6.18. The van der Waals surface area contributed by atoms with Gasteiger partial charge in [-0.3, -0.25) is 0 Å². The SMILES string of the molecule is CC(=Cc1ccccc1)[C@](C#N)(c1ccccc1)[NH+]1CCOCC1. The van der Waals surface area contributed by atoms with Crippen molar-refractivity contribution < 1.29 is 9.64 Å². The van der Waals surface area contributed by atoms with Crippen LogP contribution >= 0.6 is 0 Å². The summed E-state index contributed by atoms with van der Waals surface area (Å²) in [6.45, 7) is 5.14. The van der Waals surface area contributed by atoms with Crippen molar-refractivity contribution in [2.45, 2.75) is 12.5 Å².